The number of nitrogens with zero attached hydrogens (tertiary/aromatic N) is 1. The molecule has 0 aliphatic heterocycles. The minimum absolute atomic E-state index is 0. The summed E-state index contributed by atoms with van der Waals surface area (Å²) in [5.74, 6) is 0. The van der Waals surface area contributed by atoms with E-state index in [9.17, 15) is 4.79 Å². The van der Waals surface area contributed by atoms with Crippen LogP contribution in [0.15, 0.2) is 5.29 Å². The van der Waals surface area contributed by atoms with Gasteiger partial charge in [-0.25, -0.2) is 4.79 Å². The van der Waals surface area contributed by atoms with Crippen molar-refractivity contribution in [2.75, 3.05) is 0 Å². The van der Waals surface area contributed by atoms with Gasteiger partial charge in [0.1, 0.15) is 0 Å². The van der Waals surface area contributed by atoms with E-state index in [1.165, 1.54) is 5.43 Å². The van der Waals surface area contributed by atoms with Gasteiger partial charge in [0, 0.05) is 0 Å². The zero-order valence-corrected chi connectivity index (χ0v) is 2.71. The van der Waals surface area contributed by atoms with E-state index in [1.54, 1.807) is 0 Å². The number of amides is 1. The lowest BCUT2D eigenvalue weighted by molar-refractivity contribution is 0.195. The highest BCUT2D eigenvalue weighted by atomic mass is 16.4. The lowest BCUT2D eigenvalue weighted by atomic mass is 11.3. The van der Waals surface area contributed by atoms with Gasteiger partial charge < -0.3 is 5.11 Å². The highest BCUT2D eigenvalue weighted by Gasteiger charge is 1.84. The highest BCUT2D eigenvalue weighted by molar-refractivity contribution is 5.63. The van der Waals surface area contributed by atoms with Gasteiger partial charge in [0.2, 0.25) is 0 Å². The number of rotatable bonds is 1. The summed E-state index contributed by atoms with van der Waals surface area (Å²) in [7, 11) is 0. The van der Waals surface area contributed by atoms with Crippen molar-refractivity contribution < 1.29 is 9.90 Å². The first-order valence-corrected chi connectivity index (χ1v) is 1.08. The minimum Gasteiger partial charge on any atom is -0.464 e. The zero-order chi connectivity index (χ0) is 4.99. The molecule has 5 nitrogen and oxygen atoms in total. The maximum atomic E-state index is 9.19. The van der Waals surface area contributed by atoms with Gasteiger partial charge in [0.15, 0.2) is 0 Å². The van der Waals surface area contributed by atoms with E-state index < -0.39 is 6.09 Å². The second kappa shape index (κ2) is 4.87. The molecule has 0 rings (SSSR count). The van der Waals surface area contributed by atoms with E-state index in [0.29, 0.717) is 0 Å². The molecule has 0 heterocycles. The summed E-state index contributed by atoms with van der Waals surface area (Å²) in [6, 6.07) is 0. The molecule has 5 heteroatoms. The predicted molar refractivity (Wildman–Crippen MR) is 23.7 cm³/mol. The molecule has 1 amide bonds. The Morgan fingerprint density at radius 3 is 2.14 bits per heavy atom. The lowest BCUT2D eigenvalue weighted by Crippen LogP contribution is -2.11. The van der Waals surface area contributed by atoms with E-state index in [2.05, 4.69) is 0 Å². The van der Waals surface area contributed by atoms with Gasteiger partial charge >= 0.3 is 6.09 Å². The van der Waals surface area contributed by atoms with E-state index in [1.807, 2.05) is 5.29 Å². The molecule has 0 radical (unpaired) electrons. The molecule has 0 aromatic heterocycles. The Labute approximate surface area is 40.3 Å². The summed E-state index contributed by atoms with van der Waals surface area (Å²) in [5, 5.41) is 9.34. The Kier molecular flexibility index (Phi) is 6.47. The largest absolute Gasteiger partial charge is 0.464 e. The molecule has 0 unspecified atom stereocenters. The van der Waals surface area contributed by atoms with Crippen molar-refractivity contribution in [3.05, 3.63) is 4.91 Å². The Morgan fingerprint density at radius 2 is 2.14 bits per heavy atom. The Morgan fingerprint density at radius 1 is 1.71 bits per heavy atom. The molecule has 0 fully saturated rings. The van der Waals surface area contributed by atoms with Crippen molar-refractivity contribution in [2.24, 2.45) is 5.29 Å². The van der Waals surface area contributed by atoms with Crippen LogP contribution in [0.4, 0.5) is 4.79 Å². The maximum absolute atomic E-state index is 9.19. The van der Waals surface area contributed by atoms with Crippen LogP contribution in [0.3, 0.4) is 0 Å². The number of carbonyl (C=O) groups is 1. The summed E-state index contributed by atoms with van der Waals surface area (Å²) in [4.78, 5) is 18.1. The normalized spacial score (nSPS) is 5.71. The quantitative estimate of drug-likeness (QED) is 0.379. The van der Waals surface area contributed by atoms with Crippen molar-refractivity contribution in [3.8, 4) is 0 Å². The Hall–Kier alpha value is -1.13. The van der Waals surface area contributed by atoms with Crippen LogP contribution in [-0.4, -0.2) is 11.2 Å². The molecular weight excluding hydrogens is 100 g/mol. The summed E-state index contributed by atoms with van der Waals surface area (Å²) < 4.78 is 0. The molecule has 7 heavy (non-hydrogen) atoms. The van der Waals surface area contributed by atoms with Crippen molar-refractivity contribution in [2.45, 2.75) is 7.43 Å². The molecule has 0 saturated heterocycles. The van der Waals surface area contributed by atoms with E-state index >= 15 is 0 Å². The second-order valence-corrected chi connectivity index (χ2v) is 0.508. The average Bonchev–Trinajstić information content (AvgIpc) is 1.35. The standard InChI is InChI=1S/CH2N2O3.CH4/c4-1(5)2-3-6;/h(H,2,6)(H,4,5);1H4. The molecule has 2 N–H and O–H groups in total. The van der Waals surface area contributed by atoms with Crippen molar-refractivity contribution >= 4 is 6.09 Å². The predicted octanol–water partition coefficient (Wildman–Crippen LogP) is 0.571. The molecular formula is C2H6N2O3. The van der Waals surface area contributed by atoms with Gasteiger partial charge in [-0.05, 0) is 0 Å². The van der Waals surface area contributed by atoms with Crippen LogP contribution in [0, 0.1) is 4.91 Å². The third-order valence-corrected chi connectivity index (χ3v) is 0.141. The van der Waals surface area contributed by atoms with Gasteiger partial charge in [0.05, 0.1) is 5.29 Å². The summed E-state index contributed by atoms with van der Waals surface area (Å²) >= 11 is 0. The fourth-order valence-electron chi connectivity index (χ4n) is 0.0390. The number of hydrogen-bond acceptors (Lipinski definition) is 3. The van der Waals surface area contributed by atoms with Crippen LogP contribution in [-0.2, 0) is 0 Å². The lowest BCUT2D eigenvalue weighted by Gasteiger charge is -1.76. The molecule has 0 aromatic rings. The van der Waals surface area contributed by atoms with Crippen LogP contribution in [0.5, 0.6) is 0 Å². The van der Waals surface area contributed by atoms with Crippen molar-refractivity contribution in [1.82, 2.24) is 5.43 Å². The molecule has 0 bridgehead atoms. The smallest absolute Gasteiger partial charge is 0.427 e. The van der Waals surface area contributed by atoms with Crippen LogP contribution in [0.25, 0.3) is 0 Å². The third-order valence-electron chi connectivity index (χ3n) is 0.141. The monoisotopic (exact) mass is 106 g/mol. The first kappa shape index (κ1) is 9.30. The Bertz CT molecular complexity index is 71.3. The van der Waals surface area contributed by atoms with E-state index in [-0.39, 0.29) is 7.43 Å². The first-order valence-electron chi connectivity index (χ1n) is 1.08. The number of nitroso groups, excluding NO2 is 1. The summed E-state index contributed by atoms with van der Waals surface area (Å²) in [5.41, 5.74) is 1.19. The second-order valence-electron chi connectivity index (χ2n) is 0.508. The summed E-state index contributed by atoms with van der Waals surface area (Å²) in [6.07, 6.45) is -1.44. The van der Waals surface area contributed by atoms with Crippen LogP contribution in [0.2, 0.25) is 0 Å². The SMILES string of the molecule is C.O=NNC(=O)O. The van der Waals surface area contributed by atoms with Crippen LogP contribution in [0.1, 0.15) is 7.43 Å². The van der Waals surface area contributed by atoms with Crippen molar-refractivity contribution in [1.29, 1.82) is 0 Å². The number of carboxylic acid groups (broad SMARTS) is 1. The van der Waals surface area contributed by atoms with Crippen LogP contribution >= 0.6 is 0 Å². The highest BCUT2D eigenvalue weighted by Crippen LogP contribution is 1.54. The molecule has 0 spiro atoms. The first-order chi connectivity index (χ1) is 2.77. The molecule has 0 aliphatic carbocycles. The van der Waals surface area contributed by atoms with Gasteiger partial charge in [-0.3, -0.25) is 0 Å². The topological polar surface area (TPSA) is 78.8 Å². The fourth-order valence-corrected chi connectivity index (χ4v) is 0.0390. The van der Waals surface area contributed by atoms with Gasteiger partial charge in [-0.15, -0.1) is 4.91 Å². The molecule has 0 saturated carbocycles. The maximum Gasteiger partial charge on any atom is 0.427 e. The minimum atomic E-state index is -1.44. The Balaban J connectivity index is 0. The fraction of sp³-hybridized carbons (Fsp3) is 0.500. The number of nitrogens with one attached hydrogen (secondary N) is 1. The molecule has 42 valence electrons. The molecule has 0 atom stereocenters. The van der Waals surface area contributed by atoms with Gasteiger partial charge in [0.25, 0.3) is 0 Å². The van der Waals surface area contributed by atoms with Crippen LogP contribution < -0.4 is 5.43 Å². The van der Waals surface area contributed by atoms with Crippen molar-refractivity contribution in [3.63, 3.8) is 0 Å². The number of hydrogen-bond donors (Lipinski definition) is 2. The van der Waals surface area contributed by atoms with E-state index in [4.69, 9.17) is 10.0 Å². The average molecular weight is 106 g/mol. The van der Waals surface area contributed by atoms with Gasteiger partial charge in [-0.1, -0.05) is 7.43 Å². The van der Waals surface area contributed by atoms with E-state index in [0.717, 1.165) is 0 Å². The third kappa shape index (κ3) is 11.5. The molecule has 0 aliphatic rings. The van der Waals surface area contributed by atoms with Gasteiger partial charge in [-0.2, -0.15) is 5.43 Å². The summed E-state index contributed by atoms with van der Waals surface area (Å²) in [6.45, 7) is 0. The molecule has 0 aromatic carbocycles. The zero-order valence-electron chi connectivity index (χ0n) is 2.71.